The summed E-state index contributed by atoms with van der Waals surface area (Å²) in [7, 11) is 0. The van der Waals surface area contributed by atoms with Crippen LogP contribution in [0.1, 0.15) is 32.1 Å². The second kappa shape index (κ2) is 4.07. The minimum atomic E-state index is -0.338. The van der Waals surface area contributed by atoms with E-state index in [1.54, 1.807) is 4.90 Å². The Balaban J connectivity index is 2.02. The summed E-state index contributed by atoms with van der Waals surface area (Å²) < 4.78 is 0. The molecular weight excluding hydrogens is 202 g/mol. The van der Waals surface area contributed by atoms with Gasteiger partial charge in [0.05, 0.1) is 17.5 Å². The van der Waals surface area contributed by atoms with Crippen LogP contribution in [0.3, 0.4) is 0 Å². The molecule has 3 unspecified atom stereocenters. The standard InChI is InChI=1S/C10H16ClNO2/c11-7-5-10(14)12(6-7)8-3-1-2-4-9(8)13/h7-9,13H,1-6H2. The summed E-state index contributed by atoms with van der Waals surface area (Å²) in [6.45, 7) is 0.613. The maximum atomic E-state index is 11.6. The van der Waals surface area contributed by atoms with Gasteiger partial charge >= 0.3 is 0 Å². The van der Waals surface area contributed by atoms with Gasteiger partial charge in [-0.3, -0.25) is 4.79 Å². The van der Waals surface area contributed by atoms with E-state index in [9.17, 15) is 9.90 Å². The molecule has 3 nitrogen and oxygen atoms in total. The number of likely N-dealkylation sites (tertiary alicyclic amines) is 1. The third kappa shape index (κ3) is 1.89. The van der Waals surface area contributed by atoms with Gasteiger partial charge in [0.1, 0.15) is 0 Å². The molecule has 1 aliphatic heterocycles. The summed E-state index contributed by atoms with van der Waals surface area (Å²) in [5.74, 6) is 0.107. The molecule has 4 heteroatoms. The van der Waals surface area contributed by atoms with Gasteiger partial charge < -0.3 is 10.0 Å². The number of carbonyl (C=O) groups excluding carboxylic acids is 1. The highest BCUT2D eigenvalue weighted by atomic mass is 35.5. The smallest absolute Gasteiger partial charge is 0.224 e. The minimum Gasteiger partial charge on any atom is -0.391 e. The predicted molar refractivity (Wildman–Crippen MR) is 54.2 cm³/mol. The van der Waals surface area contributed by atoms with E-state index in [-0.39, 0.29) is 23.4 Å². The highest BCUT2D eigenvalue weighted by Gasteiger charge is 2.37. The van der Waals surface area contributed by atoms with E-state index in [0.29, 0.717) is 13.0 Å². The van der Waals surface area contributed by atoms with Crippen LogP contribution in [0.15, 0.2) is 0 Å². The summed E-state index contributed by atoms with van der Waals surface area (Å²) >= 11 is 5.92. The van der Waals surface area contributed by atoms with Crippen molar-refractivity contribution in [2.75, 3.05) is 6.54 Å². The zero-order chi connectivity index (χ0) is 10.1. The number of aliphatic hydroxyl groups is 1. The molecule has 0 bridgehead atoms. The van der Waals surface area contributed by atoms with Crippen molar-refractivity contribution in [3.63, 3.8) is 0 Å². The van der Waals surface area contributed by atoms with Gasteiger partial charge in [0.25, 0.3) is 0 Å². The molecule has 1 saturated heterocycles. The summed E-state index contributed by atoms with van der Waals surface area (Å²) in [5, 5.41) is 9.74. The lowest BCUT2D eigenvalue weighted by Crippen LogP contribution is -2.46. The number of hydrogen-bond acceptors (Lipinski definition) is 2. The van der Waals surface area contributed by atoms with Gasteiger partial charge in [-0.25, -0.2) is 0 Å². The number of halogens is 1. The Kier molecular flexibility index (Phi) is 2.98. The SMILES string of the molecule is O=C1CC(Cl)CN1C1CCCCC1O. The molecule has 0 spiro atoms. The number of carbonyl (C=O) groups is 1. The lowest BCUT2D eigenvalue weighted by molar-refractivity contribution is -0.132. The van der Waals surface area contributed by atoms with E-state index in [2.05, 4.69) is 0 Å². The molecule has 0 radical (unpaired) electrons. The third-order valence-corrected chi connectivity index (χ3v) is 3.50. The van der Waals surface area contributed by atoms with Crippen LogP contribution in [-0.2, 0) is 4.79 Å². The second-order valence-corrected chi connectivity index (χ2v) is 4.88. The first-order valence-electron chi connectivity index (χ1n) is 5.30. The van der Waals surface area contributed by atoms with Crippen LogP contribution in [0.4, 0.5) is 0 Å². The molecular formula is C10H16ClNO2. The molecule has 2 fully saturated rings. The molecule has 1 heterocycles. The fourth-order valence-corrected chi connectivity index (χ4v) is 2.74. The Hall–Kier alpha value is -0.280. The highest BCUT2D eigenvalue weighted by Crippen LogP contribution is 2.28. The van der Waals surface area contributed by atoms with Crippen molar-refractivity contribution in [3.05, 3.63) is 0 Å². The molecule has 2 aliphatic rings. The molecule has 0 aromatic carbocycles. The van der Waals surface area contributed by atoms with Crippen molar-refractivity contribution in [3.8, 4) is 0 Å². The minimum absolute atomic E-state index is 0.0278. The van der Waals surface area contributed by atoms with Crippen molar-refractivity contribution in [1.29, 1.82) is 0 Å². The summed E-state index contributed by atoms with van der Waals surface area (Å²) in [5.41, 5.74) is 0. The number of amides is 1. The van der Waals surface area contributed by atoms with Gasteiger partial charge in [0.15, 0.2) is 0 Å². The van der Waals surface area contributed by atoms with Crippen LogP contribution >= 0.6 is 11.6 Å². The van der Waals surface area contributed by atoms with Crippen LogP contribution in [0.2, 0.25) is 0 Å². The van der Waals surface area contributed by atoms with E-state index < -0.39 is 0 Å². The van der Waals surface area contributed by atoms with Crippen LogP contribution < -0.4 is 0 Å². The molecule has 3 atom stereocenters. The number of rotatable bonds is 1. The van der Waals surface area contributed by atoms with Crippen molar-refractivity contribution in [1.82, 2.24) is 4.90 Å². The van der Waals surface area contributed by atoms with Crippen LogP contribution in [0.5, 0.6) is 0 Å². The topological polar surface area (TPSA) is 40.5 Å². The lowest BCUT2D eigenvalue weighted by atomic mass is 9.91. The Bertz CT molecular complexity index is 234. The fourth-order valence-electron chi connectivity index (χ4n) is 2.46. The highest BCUT2D eigenvalue weighted by molar-refractivity contribution is 6.22. The van der Waals surface area contributed by atoms with Gasteiger partial charge in [0.2, 0.25) is 5.91 Å². The monoisotopic (exact) mass is 217 g/mol. The van der Waals surface area contributed by atoms with E-state index in [0.717, 1.165) is 25.7 Å². The van der Waals surface area contributed by atoms with E-state index in [4.69, 9.17) is 11.6 Å². The zero-order valence-corrected chi connectivity index (χ0v) is 8.91. The summed E-state index contributed by atoms with van der Waals surface area (Å²) in [4.78, 5) is 13.3. The average molecular weight is 218 g/mol. The first kappa shape index (κ1) is 10.2. The number of nitrogens with zero attached hydrogens (tertiary/aromatic N) is 1. The van der Waals surface area contributed by atoms with Gasteiger partial charge in [-0.1, -0.05) is 12.8 Å². The van der Waals surface area contributed by atoms with Gasteiger partial charge in [-0.15, -0.1) is 11.6 Å². The molecule has 0 aromatic heterocycles. The predicted octanol–water partition coefficient (Wildman–Crippen LogP) is 1.13. The van der Waals surface area contributed by atoms with Gasteiger partial charge in [0, 0.05) is 13.0 Å². The first-order chi connectivity index (χ1) is 6.68. The number of hydrogen-bond donors (Lipinski definition) is 1. The molecule has 1 amide bonds. The Morgan fingerprint density at radius 3 is 2.64 bits per heavy atom. The normalized spacial score (nSPS) is 39.1. The molecule has 1 saturated carbocycles. The first-order valence-corrected chi connectivity index (χ1v) is 5.73. The molecule has 14 heavy (non-hydrogen) atoms. The molecule has 1 N–H and O–H groups in total. The second-order valence-electron chi connectivity index (χ2n) is 4.27. The summed E-state index contributed by atoms with van der Waals surface area (Å²) in [6.07, 6.45) is 4.03. The largest absolute Gasteiger partial charge is 0.391 e. The Morgan fingerprint density at radius 2 is 2.07 bits per heavy atom. The van der Waals surface area contributed by atoms with Crippen molar-refractivity contribution >= 4 is 17.5 Å². The van der Waals surface area contributed by atoms with Crippen molar-refractivity contribution < 1.29 is 9.90 Å². The summed E-state index contributed by atoms with van der Waals surface area (Å²) in [6, 6.07) is 0.0278. The van der Waals surface area contributed by atoms with E-state index in [1.807, 2.05) is 0 Å². The molecule has 80 valence electrons. The van der Waals surface area contributed by atoms with Crippen LogP contribution in [0.25, 0.3) is 0 Å². The van der Waals surface area contributed by atoms with E-state index >= 15 is 0 Å². The number of alkyl halides is 1. The van der Waals surface area contributed by atoms with Gasteiger partial charge in [-0.05, 0) is 12.8 Å². The van der Waals surface area contributed by atoms with Crippen LogP contribution in [-0.4, -0.2) is 40.0 Å². The zero-order valence-electron chi connectivity index (χ0n) is 8.16. The van der Waals surface area contributed by atoms with Crippen LogP contribution in [0, 0.1) is 0 Å². The Labute approximate surface area is 89.0 Å². The fraction of sp³-hybridized carbons (Fsp3) is 0.900. The van der Waals surface area contributed by atoms with Crippen molar-refractivity contribution in [2.24, 2.45) is 0 Å². The maximum absolute atomic E-state index is 11.6. The lowest BCUT2D eigenvalue weighted by Gasteiger charge is -2.35. The molecule has 1 aliphatic carbocycles. The molecule has 2 rings (SSSR count). The maximum Gasteiger partial charge on any atom is 0.224 e. The van der Waals surface area contributed by atoms with E-state index in [1.165, 1.54) is 0 Å². The average Bonchev–Trinajstić information content (AvgIpc) is 2.46. The third-order valence-electron chi connectivity index (χ3n) is 3.21. The number of aliphatic hydroxyl groups excluding tert-OH is 1. The quantitative estimate of drug-likeness (QED) is 0.669. The van der Waals surface area contributed by atoms with Gasteiger partial charge in [-0.2, -0.15) is 0 Å². The molecule has 0 aromatic rings. The van der Waals surface area contributed by atoms with Crippen molar-refractivity contribution in [2.45, 2.75) is 49.6 Å². The Morgan fingerprint density at radius 1 is 1.36 bits per heavy atom.